The van der Waals surface area contributed by atoms with Crippen LogP contribution in [0.3, 0.4) is 0 Å². The number of hydrogen-bond donors (Lipinski definition) is 3. The minimum Gasteiger partial charge on any atom is -0.481 e. The molecule has 0 aromatic heterocycles. The molecule has 1 aromatic rings. The molecule has 5 heteroatoms. The lowest BCUT2D eigenvalue weighted by molar-refractivity contribution is -0.137. The third-order valence-electron chi connectivity index (χ3n) is 3.01. The van der Waals surface area contributed by atoms with E-state index >= 15 is 0 Å². The second-order valence-corrected chi connectivity index (χ2v) is 4.46. The van der Waals surface area contributed by atoms with Crippen molar-refractivity contribution >= 4 is 5.97 Å². The van der Waals surface area contributed by atoms with E-state index in [1.165, 1.54) is 12.1 Å². The Morgan fingerprint density at radius 2 is 2.00 bits per heavy atom. The van der Waals surface area contributed by atoms with Crippen molar-refractivity contribution in [3.63, 3.8) is 0 Å². The summed E-state index contributed by atoms with van der Waals surface area (Å²) in [6.07, 6.45) is 0.597. The van der Waals surface area contributed by atoms with Crippen molar-refractivity contribution in [2.45, 2.75) is 38.3 Å². The smallest absolute Gasteiger partial charge is 0.303 e. The summed E-state index contributed by atoms with van der Waals surface area (Å²) in [7, 11) is 0. The third-order valence-corrected chi connectivity index (χ3v) is 3.01. The summed E-state index contributed by atoms with van der Waals surface area (Å²) >= 11 is 0. The fourth-order valence-corrected chi connectivity index (χ4v) is 1.90. The highest BCUT2D eigenvalue weighted by atomic mass is 19.1. The van der Waals surface area contributed by atoms with Crippen LogP contribution in [0.4, 0.5) is 4.39 Å². The first-order valence-electron chi connectivity index (χ1n) is 6.43. The van der Waals surface area contributed by atoms with Crippen molar-refractivity contribution in [3.05, 3.63) is 35.6 Å². The molecule has 0 saturated carbocycles. The van der Waals surface area contributed by atoms with Crippen molar-refractivity contribution in [1.29, 1.82) is 0 Å². The molecule has 19 heavy (non-hydrogen) atoms. The van der Waals surface area contributed by atoms with Crippen LogP contribution >= 0.6 is 0 Å². The zero-order valence-corrected chi connectivity index (χ0v) is 11.0. The zero-order valence-electron chi connectivity index (χ0n) is 11.0. The topological polar surface area (TPSA) is 69.6 Å². The standard InChI is InChI=1S/C14H20FNO3/c1-2-12(16-9-3-4-13(17)18)14(19)10-5-7-11(15)8-6-10/h5-8,12,14,16,19H,2-4,9H2,1H3,(H,17,18). The van der Waals surface area contributed by atoms with Crippen LogP contribution in [0.5, 0.6) is 0 Å². The monoisotopic (exact) mass is 269 g/mol. The number of carboxylic acids is 1. The average Bonchev–Trinajstić information content (AvgIpc) is 2.39. The Hall–Kier alpha value is -1.46. The summed E-state index contributed by atoms with van der Waals surface area (Å²) in [5, 5.41) is 21.8. The Morgan fingerprint density at radius 1 is 1.37 bits per heavy atom. The van der Waals surface area contributed by atoms with Gasteiger partial charge in [-0.1, -0.05) is 19.1 Å². The number of benzene rings is 1. The highest BCUT2D eigenvalue weighted by molar-refractivity contribution is 5.66. The van der Waals surface area contributed by atoms with Crippen molar-refractivity contribution < 1.29 is 19.4 Å². The minimum atomic E-state index is -0.825. The Kier molecular flexibility index (Phi) is 6.45. The van der Waals surface area contributed by atoms with Crippen LogP contribution in [0, 0.1) is 5.82 Å². The van der Waals surface area contributed by atoms with E-state index in [0.29, 0.717) is 24.9 Å². The molecule has 0 aliphatic carbocycles. The molecule has 0 saturated heterocycles. The average molecular weight is 269 g/mol. The molecule has 2 unspecified atom stereocenters. The van der Waals surface area contributed by atoms with Gasteiger partial charge in [-0.15, -0.1) is 0 Å². The fourth-order valence-electron chi connectivity index (χ4n) is 1.90. The Labute approximate surface area is 112 Å². The lowest BCUT2D eigenvalue weighted by Gasteiger charge is -2.23. The number of aliphatic hydroxyl groups is 1. The highest BCUT2D eigenvalue weighted by Gasteiger charge is 2.18. The summed E-state index contributed by atoms with van der Waals surface area (Å²) < 4.78 is 12.8. The zero-order chi connectivity index (χ0) is 14.3. The molecule has 0 fully saturated rings. The molecule has 1 aromatic carbocycles. The van der Waals surface area contributed by atoms with E-state index in [-0.39, 0.29) is 18.3 Å². The molecular formula is C14H20FNO3. The number of carboxylic acid groups (broad SMARTS) is 1. The SMILES string of the molecule is CCC(NCCCC(=O)O)C(O)c1ccc(F)cc1. The molecule has 1 rings (SSSR count). The number of aliphatic hydroxyl groups excluding tert-OH is 1. The number of carbonyl (C=O) groups is 1. The van der Waals surface area contributed by atoms with E-state index in [0.717, 1.165) is 0 Å². The van der Waals surface area contributed by atoms with Gasteiger partial charge in [-0.2, -0.15) is 0 Å². The van der Waals surface area contributed by atoms with Gasteiger partial charge in [-0.3, -0.25) is 4.79 Å². The summed E-state index contributed by atoms with van der Waals surface area (Å²) in [6, 6.07) is 5.58. The predicted octanol–water partition coefficient (Wildman–Crippen LogP) is 2.09. The number of rotatable bonds is 8. The van der Waals surface area contributed by atoms with Gasteiger partial charge < -0.3 is 15.5 Å². The summed E-state index contributed by atoms with van der Waals surface area (Å²) in [4.78, 5) is 10.4. The maximum absolute atomic E-state index is 12.8. The maximum atomic E-state index is 12.8. The van der Waals surface area contributed by atoms with E-state index in [1.807, 2.05) is 6.92 Å². The Bertz CT molecular complexity index is 394. The molecule has 4 nitrogen and oxygen atoms in total. The number of halogens is 1. The first-order chi connectivity index (χ1) is 9.04. The van der Waals surface area contributed by atoms with Crippen LogP contribution in [0.25, 0.3) is 0 Å². The van der Waals surface area contributed by atoms with Gasteiger partial charge in [-0.05, 0) is 37.1 Å². The normalized spacial score (nSPS) is 14.1. The molecule has 0 spiro atoms. The highest BCUT2D eigenvalue weighted by Crippen LogP contribution is 2.19. The lowest BCUT2D eigenvalue weighted by atomic mass is 10.00. The molecular weight excluding hydrogens is 249 g/mol. The lowest BCUT2D eigenvalue weighted by Crippen LogP contribution is -2.35. The fraction of sp³-hybridized carbons (Fsp3) is 0.500. The van der Waals surface area contributed by atoms with Crippen LogP contribution in [0.1, 0.15) is 37.9 Å². The molecule has 0 aliphatic rings. The van der Waals surface area contributed by atoms with Crippen LogP contribution in [-0.4, -0.2) is 28.8 Å². The summed E-state index contributed by atoms with van der Waals surface area (Å²) in [5.41, 5.74) is 0.652. The molecule has 0 radical (unpaired) electrons. The van der Waals surface area contributed by atoms with Crippen molar-refractivity contribution in [2.24, 2.45) is 0 Å². The number of nitrogens with one attached hydrogen (secondary N) is 1. The molecule has 2 atom stereocenters. The van der Waals surface area contributed by atoms with Gasteiger partial charge >= 0.3 is 5.97 Å². The molecule has 3 N–H and O–H groups in total. The largest absolute Gasteiger partial charge is 0.481 e. The first kappa shape index (κ1) is 15.6. The number of aliphatic carboxylic acids is 1. The molecule has 106 valence electrons. The van der Waals surface area contributed by atoms with Crippen molar-refractivity contribution in [1.82, 2.24) is 5.32 Å². The van der Waals surface area contributed by atoms with Gasteiger partial charge in [0.25, 0.3) is 0 Å². The third kappa shape index (κ3) is 5.36. The van der Waals surface area contributed by atoms with Crippen molar-refractivity contribution in [2.75, 3.05) is 6.54 Å². The van der Waals surface area contributed by atoms with Gasteiger partial charge in [0.15, 0.2) is 0 Å². The first-order valence-corrected chi connectivity index (χ1v) is 6.43. The van der Waals surface area contributed by atoms with Gasteiger partial charge in [0.05, 0.1) is 6.10 Å². The second-order valence-electron chi connectivity index (χ2n) is 4.46. The van der Waals surface area contributed by atoms with Gasteiger partial charge in [0.1, 0.15) is 5.82 Å². The maximum Gasteiger partial charge on any atom is 0.303 e. The Balaban J connectivity index is 2.49. The second kappa shape index (κ2) is 7.86. The quantitative estimate of drug-likeness (QED) is 0.632. The van der Waals surface area contributed by atoms with Crippen molar-refractivity contribution in [3.8, 4) is 0 Å². The molecule has 0 heterocycles. The summed E-state index contributed by atoms with van der Waals surface area (Å²) in [5.74, 6) is -1.16. The van der Waals surface area contributed by atoms with Crippen LogP contribution in [-0.2, 0) is 4.79 Å². The van der Waals surface area contributed by atoms with Crippen LogP contribution in [0.15, 0.2) is 24.3 Å². The predicted molar refractivity (Wildman–Crippen MR) is 70.3 cm³/mol. The summed E-state index contributed by atoms with van der Waals surface area (Å²) in [6.45, 7) is 2.46. The van der Waals surface area contributed by atoms with Crippen LogP contribution < -0.4 is 5.32 Å². The van der Waals surface area contributed by atoms with Gasteiger partial charge in [0, 0.05) is 12.5 Å². The van der Waals surface area contributed by atoms with E-state index in [9.17, 15) is 14.3 Å². The Morgan fingerprint density at radius 3 is 2.53 bits per heavy atom. The van der Waals surface area contributed by atoms with E-state index in [1.54, 1.807) is 12.1 Å². The van der Waals surface area contributed by atoms with E-state index < -0.39 is 12.1 Å². The molecule has 0 aliphatic heterocycles. The minimum absolute atomic E-state index is 0.107. The van der Waals surface area contributed by atoms with Gasteiger partial charge in [0.2, 0.25) is 0 Å². The molecule has 0 bridgehead atoms. The van der Waals surface area contributed by atoms with E-state index in [4.69, 9.17) is 5.11 Å². The van der Waals surface area contributed by atoms with Crippen LogP contribution in [0.2, 0.25) is 0 Å². The van der Waals surface area contributed by atoms with E-state index in [2.05, 4.69) is 5.32 Å². The molecule has 0 amide bonds. The van der Waals surface area contributed by atoms with Gasteiger partial charge in [-0.25, -0.2) is 4.39 Å². The number of hydrogen-bond acceptors (Lipinski definition) is 3.